The van der Waals surface area contributed by atoms with Gasteiger partial charge in [-0.05, 0) is 36.8 Å². The van der Waals surface area contributed by atoms with Gasteiger partial charge in [-0.25, -0.2) is 4.79 Å². The minimum absolute atomic E-state index is 0.0579. The van der Waals surface area contributed by atoms with Crippen LogP contribution in [0, 0.1) is 5.92 Å². The first-order valence-electron chi connectivity index (χ1n) is 6.49. The fraction of sp³-hybridized carbons (Fsp3) is 0.429. The molecule has 3 N–H and O–H groups in total. The van der Waals surface area contributed by atoms with Crippen LogP contribution < -0.4 is 10.6 Å². The first kappa shape index (κ1) is 13.4. The summed E-state index contributed by atoms with van der Waals surface area (Å²) in [5.74, 6) is -0.207. The van der Waals surface area contributed by atoms with Crippen LogP contribution in [-0.4, -0.2) is 23.7 Å². The Morgan fingerprint density at radius 3 is 2.68 bits per heavy atom. The van der Waals surface area contributed by atoms with Gasteiger partial charge in [-0.3, -0.25) is 4.79 Å². The van der Waals surface area contributed by atoms with Gasteiger partial charge < -0.3 is 15.7 Å². The van der Waals surface area contributed by atoms with Crippen LogP contribution >= 0.6 is 0 Å². The summed E-state index contributed by atoms with van der Waals surface area (Å²) >= 11 is 0. The Morgan fingerprint density at radius 2 is 2.00 bits per heavy atom. The van der Waals surface area contributed by atoms with Crippen LogP contribution in [0.5, 0.6) is 0 Å². The molecule has 0 heterocycles. The molecule has 2 rings (SSSR count). The molecule has 0 aliphatic heterocycles. The van der Waals surface area contributed by atoms with E-state index in [0.717, 1.165) is 5.56 Å². The summed E-state index contributed by atoms with van der Waals surface area (Å²) in [7, 11) is 0. The van der Waals surface area contributed by atoms with E-state index in [1.54, 1.807) is 6.07 Å². The van der Waals surface area contributed by atoms with Crippen molar-refractivity contribution in [3.05, 3.63) is 29.8 Å². The summed E-state index contributed by atoms with van der Waals surface area (Å²) < 4.78 is 0. The van der Waals surface area contributed by atoms with Crippen LogP contribution in [0.4, 0.5) is 10.5 Å². The highest BCUT2D eigenvalue weighted by molar-refractivity contribution is 5.90. The molecule has 5 heteroatoms. The van der Waals surface area contributed by atoms with Gasteiger partial charge in [0.05, 0.1) is 0 Å². The lowest BCUT2D eigenvalue weighted by Gasteiger charge is -2.11. The van der Waals surface area contributed by atoms with E-state index in [4.69, 9.17) is 5.11 Å². The second kappa shape index (κ2) is 6.22. The van der Waals surface area contributed by atoms with Crippen molar-refractivity contribution >= 4 is 17.7 Å². The quantitative estimate of drug-likeness (QED) is 0.735. The summed E-state index contributed by atoms with van der Waals surface area (Å²) in [6.45, 7) is 0.711. The predicted molar refractivity (Wildman–Crippen MR) is 72.1 cm³/mol. The van der Waals surface area contributed by atoms with Gasteiger partial charge in [0.2, 0.25) is 0 Å². The van der Waals surface area contributed by atoms with Gasteiger partial charge in [-0.15, -0.1) is 0 Å². The number of carbonyl (C=O) groups is 2. The fourth-order valence-electron chi connectivity index (χ4n) is 1.83. The predicted octanol–water partition coefficient (Wildman–Crippen LogP) is 2.24. The van der Waals surface area contributed by atoms with Gasteiger partial charge in [0.15, 0.2) is 0 Å². The van der Waals surface area contributed by atoms with Gasteiger partial charge in [-0.2, -0.15) is 0 Å². The highest BCUT2D eigenvalue weighted by Crippen LogP contribution is 2.27. The zero-order valence-corrected chi connectivity index (χ0v) is 10.7. The van der Waals surface area contributed by atoms with Gasteiger partial charge in [0.1, 0.15) is 0 Å². The third-order valence-electron chi connectivity index (χ3n) is 3.12. The third kappa shape index (κ3) is 4.62. The monoisotopic (exact) mass is 262 g/mol. The number of hydrogen-bond acceptors (Lipinski definition) is 2. The molecule has 0 radical (unpaired) electrons. The first-order valence-corrected chi connectivity index (χ1v) is 6.49. The van der Waals surface area contributed by atoms with Crippen LogP contribution in [0.2, 0.25) is 0 Å². The number of carbonyl (C=O) groups excluding carboxylic acids is 1. The van der Waals surface area contributed by atoms with Crippen LogP contribution in [0.3, 0.4) is 0 Å². The van der Waals surface area contributed by atoms with Crippen LogP contribution in [0.1, 0.15) is 24.8 Å². The van der Waals surface area contributed by atoms with E-state index in [9.17, 15) is 9.59 Å². The van der Waals surface area contributed by atoms with Crippen LogP contribution in [0.15, 0.2) is 24.3 Å². The van der Waals surface area contributed by atoms with Crippen LogP contribution in [-0.2, 0) is 11.2 Å². The Balaban J connectivity index is 1.89. The lowest BCUT2D eigenvalue weighted by Crippen LogP contribution is -2.30. The molecule has 0 unspecified atom stereocenters. The lowest BCUT2D eigenvalue weighted by atomic mass is 10.1. The second-order valence-electron chi connectivity index (χ2n) is 4.83. The summed E-state index contributed by atoms with van der Waals surface area (Å²) in [5.41, 5.74) is 1.52. The summed E-state index contributed by atoms with van der Waals surface area (Å²) in [6, 6.07) is 7.05. The molecule has 19 heavy (non-hydrogen) atoms. The molecule has 0 saturated heterocycles. The number of hydrogen-bond donors (Lipinski definition) is 3. The van der Waals surface area contributed by atoms with Crippen molar-refractivity contribution in [1.29, 1.82) is 0 Å². The second-order valence-corrected chi connectivity index (χ2v) is 4.83. The van der Waals surface area contributed by atoms with Gasteiger partial charge in [0.25, 0.3) is 0 Å². The number of para-hydroxylation sites is 1. The van der Waals surface area contributed by atoms with Crippen molar-refractivity contribution in [3.8, 4) is 0 Å². The van der Waals surface area contributed by atoms with Crippen molar-refractivity contribution < 1.29 is 14.7 Å². The number of nitrogens with one attached hydrogen (secondary N) is 2. The molecule has 5 nitrogen and oxygen atoms in total. The number of urea groups is 1. The Labute approximate surface area is 112 Å². The number of rotatable bonds is 6. The summed E-state index contributed by atoms with van der Waals surface area (Å²) in [6.07, 6.45) is 2.85. The SMILES string of the molecule is O=C(O)CCc1ccccc1NC(=O)NCC1CC1. The molecule has 0 bridgehead atoms. The van der Waals surface area contributed by atoms with E-state index >= 15 is 0 Å². The summed E-state index contributed by atoms with van der Waals surface area (Å²) in [5, 5.41) is 14.3. The molecule has 1 aromatic carbocycles. The first-order chi connectivity index (χ1) is 9.15. The average molecular weight is 262 g/mol. The molecular weight excluding hydrogens is 244 g/mol. The number of carboxylic acids is 1. The Kier molecular flexibility index (Phi) is 4.39. The molecule has 1 aromatic rings. The minimum Gasteiger partial charge on any atom is -0.481 e. The smallest absolute Gasteiger partial charge is 0.319 e. The van der Waals surface area contributed by atoms with E-state index in [-0.39, 0.29) is 12.5 Å². The molecular formula is C14H18N2O3. The number of benzene rings is 1. The highest BCUT2D eigenvalue weighted by Gasteiger charge is 2.21. The van der Waals surface area contributed by atoms with E-state index in [1.807, 2.05) is 18.2 Å². The summed E-state index contributed by atoms with van der Waals surface area (Å²) in [4.78, 5) is 22.3. The maximum Gasteiger partial charge on any atom is 0.319 e. The van der Waals surface area contributed by atoms with Crippen molar-refractivity contribution in [1.82, 2.24) is 5.32 Å². The third-order valence-corrected chi connectivity index (χ3v) is 3.12. The molecule has 1 aliphatic carbocycles. The number of carboxylic acid groups (broad SMARTS) is 1. The van der Waals surface area contributed by atoms with Gasteiger partial charge in [-0.1, -0.05) is 18.2 Å². The van der Waals surface area contributed by atoms with Gasteiger partial charge >= 0.3 is 12.0 Å². The van der Waals surface area contributed by atoms with Crippen LogP contribution in [0.25, 0.3) is 0 Å². The molecule has 0 aromatic heterocycles. The molecule has 102 valence electrons. The standard InChI is InChI=1S/C14H18N2O3/c17-13(18)8-7-11-3-1-2-4-12(11)16-14(19)15-9-10-5-6-10/h1-4,10H,5-9H2,(H,17,18)(H2,15,16,19). The van der Waals surface area contributed by atoms with Crippen molar-refractivity contribution in [2.45, 2.75) is 25.7 Å². The number of aryl methyl sites for hydroxylation is 1. The Hall–Kier alpha value is -2.04. The molecule has 1 fully saturated rings. The molecule has 1 aliphatic rings. The van der Waals surface area contributed by atoms with Gasteiger partial charge in [0, 0.05) is 18.7 Å². The number of aliphatic carboxylic acids is 1. The zero-order chi connectivity index (χ0) is 13.7. The number of amides is 2. The lowest BCUT2D eigenvalue weighted by molar-refractivity contribution is -0.136. The minimum atomic E-state index is -0.840. The topological polar surface area (TPSA) is 78.4 Å². The molecule has 2 amide bonds. The normalized spacial score (nSPS) is 13.9. The highest BCUT2D eigenvalue weighted by atomic mass is 16.4. The fourth-order valence-corrected chi connectivity index (χ4v) is 1.83. The Bertz CT molecular complexity index is 470. The maximum absolute atomic E-state index is 11.7. The zero-order valence-electron chi connectivity index (χ0n) is 10.7. The largest absolute Gasteiger partial charge is 0.481 e. The maximum atomic E-state index is 11.7. The average Bonchev–Trinajstić information content (AvgIpc) is 3.19. The molecule has 1 saturated carbocycles. The Morgan fingerprint density at radius 1 is 1.26 bits per heavy atom. The van der Waals surface area contributed by atoms with Crippen molar-refractivity contribution in [2.75, 3.05) is 11.9 Å². The molecule has 0 atom stereocenters. The van der Waals surface area contributed by atoms with E-state index < -0.39 is 5.97 Å². The molecule has 0 spiro atoms. The number of anilines is 1. The van der Waals surface area contributed by atoms with E-state index in [1.165, 1.54) is 12.8 Å². The van der Waals surface area contributed by atoms with Crippen molar-refractivity contribution in [3.63, 3.8) is 0 Å². The van der Waals surface area contributed by atoms with E-state index in [2.05, 4.69) is 10.6 Å². The van der Waals surface area contributed by atoms with E-state index in [0.29, 0.717) is 24.6 Å². The van der Waals surface area contributed by atoms with Crippen molar-refractivity contribution in [2.24, 2.45) is 5.92 Å².